The highest BCUT2D eigenvalue weighted by Crippen LogP contribution is 2.68. The normalized spacial score (nSPS) is 41.0. The zero-order valence-electron chi connectivity index (χ0n) is 26.7. The van der Waals surface area contributed by atoms with Gasteiger partial charge in [0.1, 0.15) is 0 Å². The van der Waals surface area contributed by atoms with Crippen LogP contribution in [0, 0.1) is 46.3 Å². The highest BCUT2D eigenvalue weighted by molar-refractivity contribution is 7.85. The summed E-state index contributed by atoms with van der Waals surface area (Å²) in [6.07, 6.45) is 7.47. The first-order valence-corrected chi connectivity index (χ1v) is 18.2. The second-order valence-electron chi connectivity index (χ2n) is 15.8. The van der Waals surface area contributed by atoms with E-state index in [9.17, 15) is 28.5 Å². The maximum atomic E-state index is 12.7. The molecule has 244 valence electrons. The molecule has 9 nitrogen and oxygen atoms in total. The van der Waals surface area contributed by atoms with Gasteiger partial charge in [-0.25, -0.2) is 0 Å². The molecule has 0 radical (unpaired) electrons. The zero-order chi connectivity index (χ0) is 31.1. The molecule has 10 heteroatoms. The molecule has 0 aromatic carbocycles. The number of amides is 1. The molecule has 11 atom stereocenters. The summed E-state index contributed by atoms with van der Waals surface area (Å²) in [6, 6.07) is 0. The molecule has 4 aliphatic carbocycles. The number of carbonyl (C=O) groups is 1. The van der Waals surface area contributed by atoms with Crippen molar-refractivity contribution >= 4 is 16.0 Å². The Morgan fingerprint density at radius 1 is 1.00 bits per heavy atom. The van der Waals surface area contributed by atoms with E-state index in [-0.39, 0.29) is 52.5 Å². The molecule has 0 heterocycles. The van der Waals surface area contributed by atoms with Gasteiger partial charge in [0.2, 0.25) is 5.91 Å². The maximum absolute atomic E-state index is 12.7. The molecule has 4 rings (SSSR count). The van der Waals surface area contributed by atoms with Gasteiger partial charge in [-0.1, -0.05) is 20.8 Å². The fourth-order valence-electron chi connectivity index (χ4n) is 10.3. The number of hydrogen-bond acceptors (Lipinski definition) is 6. The Kier molecular flexibility index (Phi) is 10.5. The van der Waals surface area contributed by atoms with Crippen LogP contribution < -0.4 is 5.32 Å². The third-order valence-electron chi connectivity index (χ3n) is 12.8. The third-order valence-corrected chi connectivity index (χ3v) is 13.6. The summed E-state index contributed by atoms with van der Waals surface area (Å²) < 4.78 is 31.5. The Bertz CT molecular complexity index is 1050. The molecule has 5 N–H and O–H groups in total. The lowest BCUT2D eigenvalue weighted by Crippen LogP contribution is -2.62. The summed E-state index contributed by atoms with van der Waals surface area (Å²) in [7, 11) is 0.114. The Balaban J connectivity index is 1.27. The zero-order valence-corrected chi connectivity index (χ0v) is 27.5. The number of quaternary nitrogens is 1. The number of aliphatic hydroxyl groups excluding tert-OH is 3. The van der Waals surface area contributed by atoms with Crippen LogP contribution in [0.2, 0.25) is 0 Å². The summed E-state index contributed by atoms with van der Waals surface area (Å²) >= 11 is 0. The molecule has 0 saturated heterocycles. The number of fused-ring (bicyclic) bond motifs is 5. The molecule has 0 spiro atoms. The van der Waals surface area contributed by atoms with Crippen molar-refractivity contribution in [1.29, 1.82) is 0 Å². The lowest BCUT2D eigenvalue weighted by Gasteiger charge is -2.63. The van der Waals surface area contributed by atoms with Gasteiger partial charge in [-0.2, -0.15) is 8.42 Å². The van der Waals surface area contributed by atoms with Gasteiger partial charge in [0.25, 0.3) is 10.1 Å². The van der Waals surface area contributed by atoms with Crippen LogP contribution in [0.1, 0.15) is 91.4 Å². The van der Waals surface area contributed by atoms with Crippen LogP contribution in [0.15, 0.2) is 0 Å². The average molecular weight is 616 g/mol. The molecule has 4 aliphatic rings. The first-order chi connectivity index (χ1) is 19.5. The molecule has 0 bridgehead atoms. The lowest BCUT2D eigenvalue weighted by atomic mass is 9.43. The molecule has 0 aromatic heterocycles. The van der Waals surface area contributed by atoms with Gasteiger partial charge in [0.15, 0.2) is 0 Å². The van der Waals surface area contributed by atoms with Crippen molar-refractivity contribution < 1.29 is 37.6 Å². The monoisotopic (exact) mass is 615 g/mol. The molecule has 42 heavy (non-hydrogen) atoms. The summed E-state index contributed by atoms with van der Waals surface area (Å²) in [4.78, 5) is 12.7. The van der Waals surface area contributed by atoms with Crippen molar-refractivity contribution in [2.45, 2.75) is 110 Å². The lowest BCUT2D eigenvalue weighted by molar-refractivity contribution is -0.890. The van der Waals surface area contributed by atoms with Gasteiger partial charge in [0.05, 0.1) is 51.2 Å². The van der Waals surface area contributed by atoms with Gasteiger partial charge in [-0.3, -0.25) is 9.35 Å². The van der Waals surface area contributed by atoms with Gasteiger partial charge in [-0.05, 0) is 97.7 Å². The van der Waals surface area contributed by atoms with Gasteiger partial charge >= 0.3 is 0 Å². The van der Waals surface area contributed by atoms with Crippen LogP contribution in [-0.2, 0) is 14.9 Å². The van der Waals surface area contributed by atoms with E-state index in [1.165, 1.54) is 0 Å². The van der Waals surface area contributed by atoms with E-state index in [2.05, 4.69) is 26.1 Å². The minimum absolute atomic E-state index is 0.0450. The number of rotatable bonds is 12. The second kappa shape index (κ2) is 12.9. The van der Waals surface area contributed by atoms with Crippen molar-refractivity contribution in [3.8, 4) is 0 Å². The van der Waals surface area contributed by atoms with E-state index in [4.69, 9.17) is 4.55 Å². The van der Waals surface area contributed by atoms with E-state index in [0.29, 0.717) is 48.2 Å². The van der Waals surface area contributed by atoms with E-state index >= 15 is 0 Å². The second-order valence-corrected chi connectivity index (χ2v) is 17.3. The Labute approximate surface area is 254 Å². The summed E-state index contributed by atoms with van der Waals surface area (Å²) in [5, 5.41) is 36.6. The van der Waals surface area contributed by atoms with E-state index in [0.717, 1.165) is 64.3 Å². The number of nitrogens with one attached hydrogen (secondary N) is 1. The molecular formula is C32H59N2O7S+. The number of nitrogens with zero attached hydrogens (tertiary/aromatic N) is 1. The predicted octanol–water partition coefficient (Wildman–Crippen LogP) is 3.22. The number of hydrogen-bond donors (Lipinski definition) is 5. The fourth-order valence-corrected chi connectivity index (χ4v) is 10.8. The Morgan fingerprint density at radius 3 is 2.38 bits per heavy atom. The summed E-state index contributed by atoms with van der Waals surface area (Å²) in [5.41, 5.74) is -0.185. The summed E-state index contributed by atoms with van der Waals surface area (Å²) in [6.45, 7) is 8.87. The molecule has 4 saturated carbocycles. The number of carbonyl (C=O) groups excluding carboxylic acids is 1. The first-order valence-electron chi connectivity index (χ1n) is 16.6. The Morgan fingerprint density at radius 2 is 1.69 bits per heavy atom. The van der Waals surface area contributed by atoms with E-state index < -0.39 is 16.2 Å². The van der Waals surface area contributed by atoms with Crippen molar-refractivity contribution in [2.75, 3.05) is 39.5 Å². The highest BCUT2D eigenvalue weighted by atomic mass is 32.2. The van der Waals surface area contributed by atoms with Gasteiger partial charge in [-0.15, -0.1) is 0 Å². The van der Waals surface area contributed by atoms with Crippen LogP contribution in [-0.4, -0.2) is 96.5 Å². The van der Waals surface area contributed by atoms with Crippen molar-refractivity contribution in [1.82, 2.24) is 5.32 Å². The minimum atomic E-state index is -3.93. The SMILES string of the molecule is CC(CCC(=O)NCCC[N+](C)(C)CCCS(=O)(=O)O)C1CC[C@H]2C3C(O)CC4C[C@H](O)CCC4(C)[C@H]3C[C@H](O)C12C. The smallest absolute Gasteiger partial charge is 0.265 e. The molecule has 1 amide bonds. The van der Waals surface area contributed by atoms with Crippen LogP contribution in [0.3, 0.4) is 0 Å². The third kappa shape index (κ3) is 7.20. The largest absolute Gasteiger partial charge is 0.393 e. The van der Waals surface area contributed by atoms with Gasteiger partial charge < -0.3 is 25.1 Å². The predicted molar refractivity (Wildman–Crippen MR) is 163 cm³/mol. The van der Waals surface area contributed by atoms with Crippen molar-refractivity contribution in [2.24, 2.45) is 46.3 Å². The maximum Gasteiger partial charge on any atom is 0.265 e. The van der Waals surface area contributed by atoms with Crippen LogP contribution >= 0.6 is 0 Å². The van der Waals surface area contributed by atoms with Crippen LogP contribution in [0.25, 0.3) is 0 Å². The van der Waals surface area contributed by atoms with Crippen molar-refractivity contribution in [3.63, 3.8) is 0 Å². The summed E-state index contributed by atoms with van der Waals surface area (Å²) in [5.74, 6) is 1.52. The Hall–Kier alpha value is -0.780. The standard InChI is InChI=1S/C32H58N2O7S/c1-21(8-11-29(38)33-14-6-15-34(4,5)16-7-17-42(39,40)41)24-9-10-25-30-26(20-28(37)32(24,25)3)31(2)13-12-23(35)18-22(31)19-27(30)36/h21-28,30,35-37H,6-20H2,1-5H3,(H-,33,38,39,40,41)/p+1/t21?,22?,23-,24?,25+,26+,27?,28+,30?,31?,32?/m1/s1. The van der Waals surface area contributed by atoms with Gasteiger partial charge in [0, 0.05) is 25.8 Å². The minimum Gasteiger partial charge on any atom is -0.393 e. The van der Waals surface area contributed by atoms with Crippen molar-refractivity contribution in [3.05, 3.63) is 0 Å². The van der Waals surface area contributed by atoms with E-state index in [1.54, 1.807) is 0 Å². The first kappa shape index (κ1) is 34.1. The topological polar surface area (TPSA) is 144 Å². The number of aliphatic hydroxyl groups is 3. The average Bonchev–Trinajstić information content (AvgIpc) is 3.24. The molecule has 0 aromatic rings. The van der Waals surface area contributed by atoms with Crippen LogP contribution in [0.4, 0.5) is 0 Å². The molecular weight excluding hydrogens is 556 g/mol. The molecule has 7 unspecified atom stereocenters. The highest BCUT2D eigenvalue weighted by Gasteiger charge is 2.65. The quantitative estimate of drug-likeness (QED) is 0.129. The molecule has 4 fully saturated rings. The van der Waals surface area contributed by atoms with E-state index in [1.807, 2.05) is 14.1 Å². The fraction of sp³-hybridized carbons (Fsp3) is 0.969. The van der Waals surface area contributed by atoms with Crippen LogP contribution in [0.5, 0.6) is 0 Å². The molecule has 0 aliphatic heterocycles.